The lowest BCUT2D eigenvalue weighted by molar-refractivity contribution is -0.108. The lowest BCUT2D eigenvalue weighted by Crippen LogP contribution is -2.45. The third kappa shape index (κ3) is 3.21. The molecule has 0 N–H and O–H groups in total. The summed E-state index contributed by atoms with van der Waals surface area (Å²) in [4.78, 5) is 10.2. The second kappa shape index (κ2) is 5.08. The molecule has 0 unspecified atom stereocenters. The number of aldehydes is 1. The van der Waals surface area contributed by atoms with Crippen LogP contribution in [0.2, 0.25) is 18.1 Å². The van der Waals surface area contributed by atoms with Gasteiger partial charge in [-0.25, -0.2) is 0 Å². The van der Waals surface area contributed by atoms with Crippen LogP contribution in [0.5, 0.6) is 0 Å². The molecule has 0 spiro atoms. The topological polar surface area (TPSA) is 26.3 Å². The van der Waals surface area contributed by atoms with Crippen molar-refractivity contribution in [2.45, 2.75) is 52.2 Å². The van der Waals surface area contributed by atoms with Gasteiger partial charge in [0.25, 0.3) is 0 Å². The molecule has 0 saturated heterocycles. The van der Waals surface area contributed by atoms with E-state index in [0.717, 1.165) is 6.29 Å². The molecule has 0 saturated carbocycles. The molecule has 0 rings (SSSR count). The van der Waals surface area contributed by atoms with Gasteiger partial charge in [-0.1, -0.05) is 27.7 Å². The van der Waals surface area contributed by atoms with Gasteiger partial charge in [0, 0.05) is 13.0 Å². The van der Waals surface area contributed by atoms with E-state index in [2.05, 4.69) is 40.8 Å². The molecule has 0 atom stereocenters. The van der Waals surface area contributed by atoms with Crippen molar-refractivity contribution in [2.24, 2.45) is 5.92 Å². The highest BCUT2D eigenvalue weighted by atomic mass is 28.4. The molecule has 2 nitrogen and oxygen atoms in total. The van der Waals surface area contributed by atoms with Crippen molar-refractivity contribution in [1.29, 1.82) is 0 Å². The SMILES string of the molecule is CC(C)C(C)(C)[Si](C)(C)OCCC=O. The number of hydrogen-bond acceptors (Lipinski definition) is 2. The van der Waals surface area contributed by atoms with Gasteiger partial charge in [-0.05, 0) is 24.1 Å². The largest absolute Gasteiger partial charge is 0.416 e. The van der Waals surface area contributed by atoms with E-state index in [1.165, 1.54) is 0 Å². The molecule has 0 amide bonds. The number of hydrogen-bond donors (Lipinski definition) is 0. The van der Waals surface area contributed by atoms with Crippen LogP contribution in [-0.2, 0) is 9.22 Å². The van der Waals surface area contributed by atoms with Crippen LogP contribution in [0.4, 0.5) is 0 Å². The van der Waals surface area contributed by atoms with E-state index in [0.29, 0.717) is 18.9 Å². The van der Waals surface area contributed by atoms with Crippen molar-refractivity contribution in [3.63, 3.8) is 0 Å². The monoisotopic (exact) mass is 216 g/mol. The Labute approximate surface area is 89.2 Å². The van der Waals surface area contributed by atoms with Gasteiger partial charge in [0.1, 0.15) is 6.29 Å². The normalized spacial score (nSPS) is 13.4. The van der Waals surface area contributed by atoms with Gasteiger partial charge in [0.05, 0.1) is 0 Å². The van der Waals surface area contributed by atoms with Crippen molar-refractivity contribution in [3.05, 3.63) is 0 Å². The van der Waals surface area contributed by atoms with E-state index in [4.69, 9.17) is 4.43 Å². The second-order valence-corrected chi connectivity index (χ2v) is 9.79. The Morgan fingerprint density at radius 1 is 1.36 bits per heavy atom. The highest BCUT2D eigenvalue weighted by molar-refractivity contribution is 6.74. The molecule has 0 aliphatic carbocycles. The average Bonchev–Trinajstić information content (AvgIpc) is 2.04. The molecule has 0 aromatic carbocycles. The first-order valence-corrected chi connectivity index (χ1v) is 8.24. The van der Waals surface area contributed by atoms with Gasteiger partial charge in [0.15, 0.2) is 8.32 Å². The molecule has 84 valence electrons. The molecule has 3 heteroatoms. The molecule has 14 heavy (non-hydrogen) atoms. The van der Waals surface area contributed by atoms with Gasteiger partial charge < -0.3 is 9.22 Å². The van der Waals surface area contributed by atoms with Crippen LogP contribution < -0.4 is 0 Å². The summed E-state index contributed by atoms with van der Waals surface area (Å²) < 4.78 is 5.90. The number of carbonyl (C=O) groups excluding carboxylic acids is 1. The first kappa shape index (κ1) is 13.8. The van der Waals surface area contributed by atoms with Gasteiger partial charge in [-0.15, -0.1) is 0 Å². The van der Waals surface area contributed by atoms with Crippen LogP contribution in [0.3, 0.4) is 0 Å². The summed E-state index contributed by atoms with van der Waals surface area (Å²) in [6.07, 6.45) is 1.44. The lowest BCUT2D eigenvalue weighted by atomic mass is 9.99. The maximum atomic E-state index is 10.2. The van der Waals surface area contributed by atoms with Crippen molar-refractivity contribution in [3.8, 4) is 0 Å². The highest BCUT2D eigenvalue weighted by Gasteiger charge is 2.42. The summed E-state index contributed by atoms with van der Waals surface area (Å²) in [6, 6.07) is 0. The predicted octanol–water partition coefficient (Wildman–Crippen LogP) is 3.23. The smallest absolute Gasteiger partial charge is 0.192 e. The van der Waals surface area contributed by atoms with Crippen molar-refractivity contribution >= 4 is 14.6 Å². The van der Waals surface area contributed by atoms with Crippen molar-refractivity contribution in [1.82, 2.24) is 0 Å². The molecule has 0 radical (unpaired) electrons. The molecule has 0 bridgehead atoms. The van der Waals surface area contributed by atoms with E-state index in [9.17, 15) is 4.79 Å². The van der Waals surface area contributed by atoms with Crippen LogP contribution in [-0.4, -0.2) is 21.2 Å². The molecule has 0 aromatic rings. The minimum atomic E-state index is -1.69. The van der Waals surface area contributed by atoms with Gasteiger partial charge in [-0.3, -0.25) is 0 Å². The molecule has 0 heterocycles. The van der Waals surface area contributed by atoms with Gasteiger partial charge >= 0.3 is 0 Å². The predicted molar refractivity (Wildman–Crippen MR) is 63.0 cm³/mol. The fourth-order valence-electron chi connectivity index (χ4n) is 1.24. The van der Waals surface area contributed by atoms with Gasteiger partial charge in [0.2, 0.25) is 0 Å². The van der Waals surface area contributed by atoms with Crippen molar-refractivity contribution < 1.29 is 9.22 Å². The second-order valence-electron chi connectivity index (χ2n) is 5.19. The minimum Gasteiger partial charge on any atom is -0.416 e. The zero-order valence-electron chi connectivity index (χ0n) is 10.4. The van der Waals surface area contributed by atoms with E-state index >= 15 is 0 Å². The summed E-state index contributed by atoms with van der Waals surface area (Å²) in [5.74, 6) is 0.611. The Hall–Kier alpha value is -0.153. The Bertz CT molecular complexity index is 186. The van der Waals surface area contributed by atoms with E-state index < -0.39 is 8.32 Å². The zero-order chi connectivity index (χ0) is 11.4. The van der Waals surface area contributed by atoms with Crippen LogP contribution in [0, 0.1) is 5.92 Å². The number of rotatable bonds is 6. The van der Waals surface area contributed by atoms with Crippen molar-refractivity contribution in [2.75, 3.05) is 6.61 Å². The van der Waals surface area contributed by atoms with E-state index in [1.807, 2.05) is 0 Å². The lowest BCUT2D eigenvalue weighted by Gasteiger charge is -2.42. The zero-order valence-corrected chi connectivity index (χ0v) is 11.4. The summed E-state index contributed by atoms with van der Waals surface area (Å²) >= 11 is 0. The van der Waals surface area contributed by atoms with E-state index in [-0.39, 0.29) is 5.04 Å². The highest BCUT2D eigenvalue weighted by Crippen LogP contribution is 2.44. The summed E-state index contributed by atoms with van der Waals surface area (Å²) in [5.41, 5.74) is 0. The Kier molecular flexibility index (Phi) is 5.02. The summed E-state index contributed by atoms with van der Waals surface area (Å²) in [5, 5.41) is 0.246. The number of carbonyl (C=O) groups is 1. The molecule has 0 fully saturated rings. The molecule has 0 aliphatic heterocycles. The maximum absolute atomic E-state index is 10.2. The third-order valence-corrected chi connectivity index (χ3v) is 8.30. The molecule has 0 aromatic heterocycles. The minimum absolute atomic E-state index is 0.246. The standard InChI is InChI=1S/C11H24O2Si/c1-10(2)11(3,4)14(5,6)13-9-7-8-12/h8,10H,7,9H2,1-6H3. The molecular formula is C11H24O2Si. The summed E-state index contributed by atoms with van der Waals surface area (Å²) in [7, 11) is -1.69. The van der Waals surface area contributed by atoms with Crippen LogP contribution in [0.15, 0.2) is 0 Å². The fourth-order valence-corrected chi connectivity index (χ4v) is 3.63. The summed E-state index contributed by atoms with van der Waals surface area (Å²) in [6.45, 7) is 14.1. The van der Waals surface area contributed by atoms with Gasteiger partial charge in [-0.2, -0.15) is 0 Å². The third-order valence-electron chi connectivity index (χ3n) is 3.69. The van der Waals surface area contributed by atoms with E-state index in [1.54, 1.807) is 0 Å². The Balaban J connectivity index is 4.35. The fraction of sp³-hybridized carbons (Fsp3) is 0.909. The van der Waals surface area contributed by atoms with Crippen LogP contribution in [0.1, 0.15) is 34.1 Å². The maximum Gasteiger partial charge on any atom is 0.192 e. The molecular weight excluding hydrogens is 192 g/mol. The van der Waals surface area contributed by atoms with Crippen LogP contribution >= 0.6 is 0 Å². The Morgan fingerprint density at radius 3 is 2.21 bits per heavy atom. The first-order chi connectivity index (χ1) is 6.25. The quantitative estimate of drug-likeness (QED) is 0.387. The Morgan fingerprint density at radius 2 is 1.86 bits per heavy atom. The first-order valence-electron chi connectivity index (χ1n) is 5.33. The van der Waals surface area contributed by atoms with Crippen LogP contribution in [0.25, 0.3) is 0 Å². The molecule has 0 aliphatic rings. The average molecular weight is 216 g/mol.